The number of rotatable bonds is 6. The molecular formula is C25H31ClN6O2. The van der Waals surface area contributed by atoms with Crippen molar-refractivity contribution in [3.8, 4) is 5.69 Å². The SMILES string of the molecule is CC(C)[C@H]1COC(=O)N1c1ccnc(N[C@@H](C)c2cn(-c3ccc(Cl)c(C(C)(C)C)c3)cn2)n1. The molecule has 1 aliphatic heterocycles. The highest BCUT2D eigenvalue weighted by molar-refractivity contribution is 6.31. The van der Waals surface area contributed by atoms with E-state index in [0.717, 1.165) is 22.0 Å². The highest BCUT2D eigenvalue weighted by atomic mass is 35.5. The summed E-state index contributed by atoms with van der Waals surface area (Å²) in [4.78, 5) is 27.4. The van der Waals surface area contributed by atoms with Gasteiger partial charge in [-0.2, -0.15) is 4.98 Å². The molecule has 3 heterocycles. The molecule has 0 radical (unpaired) electrons. The first kappa shape index (κ1) is 24.0. The van der Waals surface area contributed by atoms with E-state index in [1.54, 1.807) is 23.5 Å². The number of anilines is 2. The number of halogens is 1. The highest BCUT2D eigenvalue weighted by Gasteiger charge is 2.37. The van der Waals surface area contributed by atoms with Crippen molar-refractivity contribution in [2.75, 3.05) is 16.8 Å². The fraction of sp³-hybridized carbons (Fsp3) is 0.440. The smallest absolute Gasteiger partial charge is 0.415 e. The predicted octanol–water partition coefficient (Wildman–Crippen LogP) is 5.77. The number of cyclic esters (lactones) is 1. The quantitative estimate of drug-likeness (QED) is 0.480. The van der Waals surface area contributed by atoms with Gasteiger partial charge < -0.3 is 14.6 Å². The van der Waals surface area contributed by atoms with Gasteiger partial charge in [0, 0.05) is 23.1 Å². The van der Waals surface area contributed by atoms with Crippen molar-refractivity contribution >= 4 is 29.5 Å². The van der Waals surface area contributed by atoms with Crippen molar-refractivity contribution in [2.24, 2.45) is 5.92 Å². The molecule has 0 bridgehead atoms. The summed E-state index contributed by atoms with van der Waals surface area (Å²) in [5.41, 5.74) is 2.84. The van der Waals surface area contributed by atoms with E-state index in [4.69, 9.17) is 16.3 Å². The highest BCUT2D eigenvalue weighted by Crippen LogP contribution is 2.31. The second kappa shape index (κ2) is 9.25. The number of nitrogens with zero attached hydrogens (tertiary/aromatic N) is 5. The molecule has 9 heteroatoms. The Morgan fingerprint density at radius 2 is 1.94 bits per heavy atom. The summed E-state index contributed by atoms with van der Waals surface area (Å²) in [6.07, 6.45) is 5.02. The van der Waals surface area contributed by atoms with Crippen molar-refractivity contribution in [1.29, 1.82) is 0 Å². The summed E-state index contributed by atoms with van der Waals surface area (Å²) in [6.45, 7) is 12.9. The molecule has 0 unspecified atom stereocenters. The maximum absolute atomic E-state index is 12.3. The van der Waals surface area contributed by atoms with E-state index in [2.05, 4.69) is 61.0 Å². The Morgan fingerprint density at radius 1 is 1.18 bits per heavy atom. The molecule has 1 saturated heterocycles. The van der Waals surface area contributed by atoms with Gasteiger partial charge in [0.25, 0.3) is 0 Å². The Hall–Kier alpha value is -3.13. The average Bonchev–Trinajstić information content (AvgIpc) is 3.41. The molecule has 1 aliphatic rings. The molecule has 1 N–H and O–H groups in total. The number of hydrogen-bond donors (Lipinski definition) is 1. The minimum atomic E-state index is -0.382. The van der Waals surface area contributed by atoms with Gasteiger partial charge in [0.05, 0.1) is 24.1 Å². The van der Waals surface area contributed by atoms with Crippen LogP contribution in [0.2, 0.25) is 5.02 Å². The van der Waals surface area contributed by atoms with Crippen LogP contribution < -0.4 is 10.2 Å². The second-order valence-electron chi connectivity index (χ2n) is 9.98. The Labute approximate surface area is 205 Å². The lowest BCUT2D eigenvalue weighted by Gasteiger charge is -2.23. The van der Waals surface area contributed by atoms with Gasteiger partial charge in [0.2, 0.25) is 5.95 Å². The van der Waals surface area contributed by atoms with Gasteiger partial charge in [-0.15, -0.1) is 0 Å². The Balaban J connectivity index is 1.53. The lowest BCUT2D eigenvalue weighted by atomic mass is 9.87. The third-order valence-electron chi connectivity index (χ3n) is 6.01. The molecule has 3 aromatic rings. The zero-order valence-electron chi connectivity index (χ0n) is 20.4. The maximum Gasteiger partial charge on any atom is 0.415 e. The Kier molecular flexibility index (Phi) is 6.53. The molecule has 2 aromatic heterocycles. The van der Waals surface area contributed by atoms with Crippen molar-refractivity contribution in [3.05, 3.63) is 59.3 Å². The van der Waals surface area contributed by atoms with E-state index in [1.165, 1.54) is 0 Å². The summed E-state index contributed by atoms with van der Waals surface area (Å²) >= 11 is 6.43. The van der Waals surface area contributed by atoms with Gasteiger partial charge in [-0.3, -0.25) is 4.90 Å². The maximum atomic E-state index is 12.3. The standard InChI is InChI=1S/C25H31ClN6O2/c1-15(2)21-13-34-24(33)32(21)22-9-10-27-23(30-22)29-16(3)20-12-31(14-28-20)17-7-8-19(26)18(11-17)25(4,5)6/h7-12,14-16,21H,13H2,1-6H3,(H,27,29,30)/t16-,21+/m0/s1. The van der Waals surface area contributed by atoms with Gasteiger partial charge in [-0.05, 0) is 48.1 Å². The molecule has 0 spiro atoms. The van der Waals surface area contributed by atoms with Crippen LogP contribution >= 0.6 is 11.6 Å². The van der Waals surface area contributed by atoms with E-state index in [9.17, 15) is 4.79 Å². The van der Waals surface area contributed by atoms with Gasteiger partial charge in [-0.1, -0.05) is 46.2 Å². The van der Waals surface area contributed by atoms with Crippen LogP contribution in [0, 0.1) is 5.92 Å². The summed E-state index contributed by atoms with van der Waals surface area (Å²) in [7, 11) is 0. The summed E-state index contributed by atoms with van der Waals surface area (Å²) in [5, 5.41) is 4.05. The number of ether oxygens (including phenoxy) is 1. The van der Waals surface area contributed by atoms with E-state index < -0.39 is 0 Å². The summed E-state index contributed by atoms with van der Waals surface area (Å²) in [5.74, 6) is 1.18. The van der Waals surface area contributed by atoms with Gasteiger partial charge in [0.1, 0.15) is 12.4 Å². The number of hydrogen-bond acceptors (Lipinski definition) is 6. The fourth-order valence-corrected chi connectivity index (χ4v) is 4.36. The minimum Gasteiger partial charge on any atom is -0.447 e. The third-order valence-corrected chi connectivity index (χ3v) is 6.34. The molecule has 8 nitrogen and oxygen atoms in total. The minimum absolute atomic E-state index is 0.0549. The number of amides is 1. The lowest BCUT2D eigenvalue weighted by Crippen LogP contribution is -2.37. The monoisotopic (exact) mass is 482 g/mol. The first-order chi connectivity index (χ1) is 16.0. The normalized spacial score (nSPS) is 17.2. The van der Waals surface area contributed by atoms with E-state index >= 15 is 0 Å². The first-order valence-electron chi connectivity index (χ1n) is 11.4. The molecule has 1 amide bonds. The van der Waals surface area contributed by atoms with E-state index in [0.29, 0.717) is 18.4 Å². The van der Waals surface area contributed by atoms with E-state index in [1.807, 2.05) is 29.8 Å². The van der Waals surface area contributed by atoms with Crippen LogP contribution in [0.5, 0.6) is 0 Å². The largest absolute Gasteiger partial charge is 0.447 e. The van der Waals surface area contributed by atoms with Crippen molar-refractivity contribution in [1.82, 2.24) is 19.5 Å². The van der Waals surface area contributed by atoms with Crippen LogP contribution in [0.4, 0.5) is 16.6 Å². The molecule has 1 aromatic carbocycles. The zero-order chi connectivity index (χ0) is 24.6. The number of aromatic nitrogens is 4. The topological polar surface area (TPSA) is 85.2 Å². The van der Waals surface area contributed by atoms with Crippen LogP contribution in [0.25, 0.3) is 5.69 Å². The van der Waals surface area contributed by atoms with Crippen molar-refractivity contribution in [3.63, 3.8) is 0 Å². The van der Waals surface area contributed by atoms with Gasteiger partial charge >= 0.3 is 6.09 Å². The van der Waals surface area contributed by atoms with Crippen molar-refractivity contribution < 1.29 is 9.53 Å². The van der Waals surface area contributed by atoms with E-state index in [-0.39, 0.29) is 29.5 Å². The van der Waals surface area contributed by atoms with Crippen LogP contribution in [-0.2, 0) is 10.2 Å². The number of benzene rings is 1. The molecule has 180 valence electrons. The lowest BCUT2D eigenvalue weighted by molar-refractivity contribution is 0.177. The van der Waals surface area contributed by atoms with Crippen LogP contribution in [0.1, 0.15) is 58.8 Å². The fourth-order valence-electron chi connectivity index (χ4n) is 3.96. The van der Waals surface area contributed by atoms with Crippen molar-refractivity contribution in [2.45, 2.75) is 59.0 Å². The molecule has 34 heavy (non-hydrogen) atoms. The number of imidazole rings is 1. The number of nitrogens with one attached hydrogen (secondary N) is 1. The molecule has 0 saturated carbocycles. The zero-order valence-corrected chi connectivity index (χ0v) is 21.2. The molecule has 4 rings (SSSR count). The van der Waals surface area contributed by atoms with Gasteiger partial charge in [-0.25, -0.2) is 14.8 Å². The van der Waals surface area contributed by atoms with Crippen LogP contribution in [0.15, 0.2) is 43.0 Å². The van der Waals surface area contributed by atoms with Crippen LogP contribution in [-0.4, -0.2) is 38.3 Å². The Bertz CT molecular complexity index is 1190. The van der Waals surface area contributed by atoms with Gasteiger partial charge in [0.15, 0.2) is 0 Å². The second-order valence-corrected chi connectivity index (χ2v) is 10.4. The van der Waals surface area contributed by atoms with Crippen LogP contribution in [0.3, 0.4) is 0 Å². The Morgan fingerprint density at radius 3 is 2.65 bits per heavy atom. The molecule has 2 atom stereocenters. The molecule has 1 fully saturated rings. The molecule has 0 aliphatic carbocycles. The first-order valence-corrected chi connectivity index (χ1v) is 11.8. The molecular weight excluding hydrogens is 452 g/mol. The number of carbonyl (C=O) groups is 1. The summed E-state index contributed by atoms with van der Waals surface area (Å²) < 4.78 is 7.23. The summed E-state index contributed by atoms with van der Waals surface area (Å²) in [6, 6.07) is 7.51. The average molecular weight is 483 g/mol. The third kappa shape index (κ3) is 4.87. The predicted molar refractivity (Wildman–Crippen MR) is 134 cm³/mol. The number of carbonyl (C=O) groups excluding carboxylic acids is 1.